The number of amides is 1. The number of ether oxygens (including phenoxy) is 1. The number of anilines is 1. The molecule has 3 N–H and O–H groups in total. The highest BCUT2D eigenvalue weighted by Gasteiger charge is 2.28. The minimum absolute atomic E-state index is 0.0109. The molecular formula is C24H22N2O6S2. The van der Waals surface area contributed by atoms with E-state index in [0.717, 1.165) is 20.2 Å². The van der Waals surface area contributed by atoms with Gasteiger partial charge in [0.25, 0.3) is 0 Å². The fraction of sp³-hybridized carbons (Fsp3) is 0.167. The fourth-order valence-corrected chi connectivity index (χ4v) is 6.07. The van der Waals surface area contributed by atoms with Gasteiger partial charge in [0.1, 0.15) is 11.8 Å². The summed E-state index contributed by atoms with van der Waals surface area (Å²) in [5.41, 5.74) is 0.538. The molecule has 0 spiro atoms. The number of hydrogen-bond donors (Lipinski definition) is 3. The summed E-state index contributed by atoms with van der Waals surface area (Å²) in [6.45, 7) is 3.27. The zero-order valence-corrected chi connectivity index (χ0v) is 19.9. The molecule has 0 fully saturated rings. The fourth-order valence-electron chi connectivity index (χ4n) is 3.45. The summed E-state index contributed by atoms with van der Waals surface area (Å²) in [7, 11) is -4.03. The first-order valence-corrected chi connectivity index (χ1v) is 12.7. The number of hydrogen-bond acceptors (Lipinski definition) is 6. The van der Waals surface area contributed by atoms with Crippen LogP contribution in [0.3, 0.4) is 0 Å². The van der Waals surface area contributed by atoms with Gasteiger partial charge in [-0.2, -0.15) is 4.72 Å². The molecule has 3 aromatic carbocycles. The van der Waals surface area contributed by atoms with Crippen LogP contribution < -0.4 is 14.8 Å². The van der Waals surface area contributed by atoms with Gasteiger partial charge in [-0.25, -0.2) is 13.2 Å². The van der Waals surface area contributed by atoms with Crippen molar-refractivity contribution in [2.75, 3.05) is 5.32 Å². The van der Waals surface area contributed by atoms with Crippen molar-refractivity contribution in [1.29, 1.82) is 0 Å². The van der Waals surface area contributed by atoms with Crippen LogP contribution in [0.25, 0.3) is 20.2 Å². The second-order valence-corrected chi connectivity index (χ2v) is 10.8. The van der Waals surface area contributed by atoms with Crippen LogP contribution in [0, 0.1) is 5.92 Å². The molecule has 10 heteroatoms. The molecule has 0 bridgehead atoms. The molecule has 1 aromatic heterocycles. The summed E-state index contributed by atoms with van der Waals surface area (Å²) in [6.07, 6.45) is -0.621. The lowest BCUT2D eigenvalue weighted by atomic mass is 10.1. The minimum Gasteiger partial charge on any atom is -0.480 e. The second-order valence-electron chi connectivity index (χ2n) is 7.98. The Kier molecular flexibility index (Phi) is 6.56. The number of nitrogens with one attached hydrogen (secondary N) is 2. The molecule has 1 heterocycles. The molecule has 4 rings (SSSR count). The quantitative estimate of drug-likeness (QED) is 0.328. The van der Waals surface area contributed by atoms with E-state index in [1.807, 2.05) is 12.1 Å². The van der Waals surface area contributed by atoms with E-state index >= 15 is 0 Å². The number of aliphatic carboxylic acids is 1. The van der Waals surface area contributed by atoms with E-state index in [-0.39, 0.29) is 4.90 Å². The van der Waals surface area contributed by atoms with Crippen molar-refractivity contribution in [3.05, 3.63) is 66.7 Å². The summed E-state index contributed by atoms with van der Waals surface area (Å²) in [5.74, 6) is -1.22. The molecule has 8 nitrogen and oxygen atoms in total. The number of fused-ring (bicyclic) bond motifs is 3. The van der Waals surface area contributed by atoms with Crippen LogP contribution in [0.4, 0.5) is 10.5 Å². The maximum Gasteiger partial charge on any atom is 0.417 e. The molecular weight excluding hydrogens is 476 g/mol. The maximum atomic E-state index is 12.8. The van der Waals surface area contributed by atoms with Crippen molar-refractivity contribution in [2.45, 2.75) is 24.8 Å². The Labute approximate surface area is 200 Å². The smallest absolute Gasteiger partial charge is 0.417 e. The van der Waals surface area contributed by atoms with Crippen molar-refractivity contribution in [2.24, 2.45) is 5.92 Å². The number of thiophene rings is 1. The highest BCUT2D eigenvalue weighted by Crippen LogP contribution is 2.36. The Bertz CT molecular complexity index is 1480. The van der Waals surface area contributed by atoms with Gasteiger partial charge < -0.3 is 9.84 Å². The normalized spacial score (nSPS) is 12.7. The predicted molar refractivity (Wildman–Crippen MR) is 132 cm³/mol. The third-order valence-electron chi connectivity index (χ3n) is 5.17. The second kappa shape index (κ2) is 9.41. The molecule has 0 unspecified atom stereocenters. The van der Waals surface area contributed by atoms with Crippen LogP contribution in [0.2, 0.25) is 0 Å². The van der Waals surface area contributed by atoms with E-state index in [9.17, 15) is 23.1 Å². The molecule has 176 valence electrons. The molecule has 0 saturated heterocycles. The molecule has 4 aromatic rings. The lowest BCUT2D eigenvalue weighted by Crippen LogP contribution is -2.44. The topological polar surface area (TPSA) is 122 Å². The first-order valence-electron chi connectivity index (χ1n) is 10.4. The Morgan fingerprint density at radius 1 is 0.941 bits per heavy atom. The van der Waals surface area contributed by atoms with Gasteiger partial charge in [-0.3, -0.25) is 10.1 Å². The molecule has 1 amide bonds. The van der Waals surface area contributed by atoms with E-state index in [1.54, 1.807) is 56.3 Å². The largest absolute Gasteiger partial charge is 0.480 e. The number of carbonyl (C=O) groups excluding carboxylic acids is 1. The molecule has 0 aliphatic rings. The molecule has 1 atom stereocenters. The van der Waals surface area contributed by atoms with E-state index in [1.165, 1.54) is 23.5 Å². The number of carboxylic acid groups (broad SMARTS) is 1. The van der Waals surface area contributed by atoms with Crippen LogP contribution in [0.15, 0.2) is 71.6 Å². The third-order valence-corrected chi connectivity index (χ3v) is 7.72. The average Bonchev–Trinajstić information content (AvgIpc) is 3.14. The molecule has 0 radical (unpaired) electrons. The van der Waals surface area contributed by atoms with Crippen molar-refractivity contribution in [1.82, 2.24) is 4.72 Å². The van der Waals surface area contributed by atoms with Gasteiger partial charge in [0.15, 0.2) is 0 Å². The van der Waals surface area contributed by atoms with Gasteiger partial charge in [-0.05, 0) is 42.3 Å². The molecule has 0 aliphatic carbocycles. The van der Waals surface area contributed by atoms with Gasteiger partial charge in [0.2, 0.25) is 10.0 Å². The molecule has 34 heavy (non-hydrogen) atoms. The SMILES string of the molecule is CC(C)[C@@H](NS(=O)(=O)c1ccc2c(c1)sc1cc(NC(=O)Oc3ccccc3)ccc12)C(=O)O. The first-order chi connectivity index (χ1) is 16.1. The Morgan fingerprint density at radius 2 is 1.59 bits per heavy atom. The first kappa shape index (κ1) is 23.7. The van der Waals surface area contributed by atoms with Gasteiger partial charge in [0.05, 0.1) is 4.90 Å². The predicted octanol–water partition coefficient (Wildman–Crippen LogP) is 5.05. The van der Waals surface area contributed by atoms with Gasteiger partial charge in [-0.1, -0.05) is 44.2 Å². The van der Waals surface area contributed by atoms with Crippen molar-refractivity contribution in [3.8, 4) is 5.75 Å². The molecule has 0 saturated carbocycles. The zero-order valence-electron chi connectivity index (χ0n) is 18.3. The standard InChI is InChI=1S/C24H22N2O6S2/c1-14(2)22(23(27)28)26-34(30,31)17-9-11-19-18-10-8-15(12-20(18)33-21(19)13-17)25-24(29)32-16-6-4-3-5-7-16/h3-14,22,26H,1-2H3,(H,25,29)(H,27,28)/t22-/m1/s1. The Balaban J connectivity index is 1.59. The summed E-state index contributed by atoms with van der Waals surface area (Å²) in [4.78, 5) is 23.6. The number of carbonyl (C=O) groups is 2. The number of carboxylic acids is 1. The monoisotopic (exact) mass is 498 g/mol. The summed E-state index contributed by atoms with van der Waals surface area (Å²) in [6, 6.07) is 17.5. The average molecular weight is 499 g/mol. The van der Waals surface area contributed by atoms with E-state index in [4.69, 9.17) is 4.74 Å². The van der Waals surface area contributed by atoms with Gasteiger partial charge >= 0.3 is 12.1 Å². The van der Waals surface area contributed by atoms with Gasteiger partial charge in [0, 0.05) is 25.9 Å². The van der Waals surface area contributed by atoms with Crippen LogP contribution in [0.1, 0.15) is 13.8 Å². The van der Waals surface area contributed by atoms with Crippen LogP contribution in [-0.4, -0.2) is 31.6 Å². The number of para-hydroxylation sites is 1. The highest BCUT2D eigenvalue weighted by atomic mass is 32.2. The lowest BCUT2D eigenvalue weighted by molar-refractivity contribution is -0.140. The maximum absolute atomic E-state index is 12.8. The Hall–Kier alpha value is -3.47. The number of rotatable bonds is 7. The van der Waals surface area contributed by atoms with E-state index in [2.05, 4.69) is 10.0 Å². The van der Waals surface area contributed by atoms with E-state index in [0.29, 0.717) is 11.4 Å². The number of benzene rings is 3. The van der Waals surface area contributed by atoms with Crippen molar-refractivity contribution < 1.29 is 27.9 Å². The van der Waals surface area contributed by atoms with E-state index < -0.39 is 34.0 Å². The van der Waals surface area contributed by atoms with Crippen molar-refractivity contribution in [3.63, 3.8) is 0 Å². The lowest BCUT2D eigenvalue weighted by Gasteiger charge is -2.18. The van der Waals surface area contributed by atoms with Crippen LogP contribution in [-0.2, 0) is 14.8 Å². The Morgan fingerprint density at radius 3 is 2.24 bits per heavy atom. The highest BCUT2D eigenvalue weighted by molar-refractivity contribution is 7.89. The van der Waals surface area contributed by atoms with Crippen LogP contribution >= 0.6 is 11.3 Å². The zero-order chi connectivity index (χ0) is 24.5. The third kappa shape index (κ3) is 5.04. The van der Waals surface area contributed by atoms with Crippen molar-refractivity contribution >= 4 is 59.3 Å². The summed E-state index contributed by atoms with van der Waals surface area (Å²) >= 11 is 1.37. The van der Waals surface area contributed by atoms with Crippen LogP contribution in [0.5, 0.6) is 5.75 Å². The minimum atomic E-state index is -4.03. The van der Waals surface area contributed by atoms with Gasteiger partial charge in [-0.15, -0.1) is 11.3 Å². The summed E-state index contributed by atoms with van der Waals surface area (Å²) < 4.78 is 34.7. The number of sulfonamides is 1. The summed E-state index contributed by atoms with van der Waals surface area (Å²) in [5, 5.41) is 13.8. The molecule has 0 aliphatic heterocycles.